The van der Waals surface area contributed by atoms with Gasteiger partial charge in [-0.15, -0.1) is 0 Å². The minimum absolute atomic E-state index is 0.207. The number of nitrogens with zero attached hydrogens (tertiary/aromatic N) is 1. The SMILES string of the molecule is Cc1ccc(Oc2cncc(Br)c2C)c(F)c1. The first-order chi connectivity index (χ1) is 8.08. The number of hydrogen-bond acceptors (Lipinski definition) is 2. The lowest BCUT2D eigenvalue weighted by Gasteiger charge is -2.10. The van der Waals surface area contributed by atoms with E-state index in [1.165, 1.54) is 6.07 Å². The van der Waals surface area contributed by atoms with Crippen molar-refractivity contribution < 1.29 is 9.13 Å². The number of pyridine rings is 1. The zero-order valence-electron chi connectivity index (χ0n) is 9.50. The van der Waals surface area contributed by atoms with Crippen LogP contribution >= 0.6 is 15.9 Å². The number of aryl methyl sites for hydroxylation is 1. The zero-order chi connectivity index (χ0) is 12.4. The molecule has 0 aliphatic rings. The van der Waals surface area contributed by atoms with Crippen molar-refractivity contribution in [2.24, 2.45) is 0 Å². The Kier molecular flexibility index (Phi) is 3.43. The van der Waals surface area contributed by atoms with E-state index in [0.29, 0.717) is 5.75 Å². The Hall–Kier alpha value is -1.42. The second kappa shape index (κ2) is 4.84. The Labute approximate surface area is 108 Å². The predicted octanol–water partition coefficient (Wildman–Crippen LogP) is 4.39. The molecule has 1 aromatic heterocycles. The minimum atomic E-state index is -0.371. The Bertz CT molecular complexity index is 557. The van der Waals surface area contributed by atoms with E-state index < -0.39 is 0 Å². The van der Waals surface area contributed by atoms with Gasteiger partial charge < -0.3 is 4.74 Å². The van der Waals surface area contributed by atoms with Crippen LogP contribution in [0.1, 0.15) is 11.1 Å². The lowest BCUT2D eigenvalue weighted by atomic mass is 10.2. The molecule has 0 aliphatic carbocycles. The van der Waals surface area contributed by atoms with E-state index >= 15 is 0 Å². The highest BCUT2D eigenvalue weighted by molar-refractivity contribution is 9.10. The van der Waals surface area contributed by atoms with Crippen molar-refractivity contribution >= 4 is 15.9 Å². The van der Waals surface area contributed by atoms with E-state index in [4.69, 9.17) is 4.74 Å². The number of benzene rings is 1. The molecule has 2 nitrogen and oxygen atoms in total. The van der Waals surface area contributed by atoms with Crippen molar-refractivity contribution in [2.45, 2.75) is 13.8 Å². The first-order valence-corrected chi connectivity index (χ1v) is 5.91. The lowest BCUT2D eigenvalue weighted by Crippen LogP contribution is -1.92. The molecule has 88 valence electrons. The summed E-state index contributed by atoms with van der Waals surface area (Å²) in [5.41, 5.74) is 1.75. The highest BCUT2D eigenvalue weighted by atomic mass is 79.9. The van der Waals surface area contributed by atoms with Crippen molar-refractivity contribution in [3.8, 4) is 11.5 Å². The molecule has 0 radical (unpaired) electrons. The molecular formula is C13H11BrFNO. The fourth-order valence-corrected chi connectivity index (χ4v) is 1.71. The van der Waals surface area contributed by atoms with Crippen LogP contribution in [0, 0.1) is 19.7 Å². The van der Waals surface area contributed by atoms with Crippen molar-refractivity contribution in [1.29, 1.82) is 0 Å². The van der Waals surface area contributed by atoms with Crippen LogP contribution < -0.4 is 4.74 Å². The molecule has 2 rings (SSSR count). The first kappa shape index (κ1) is 12.0. The lowest BCUT2D eigenvalue weighted by molar-refractivity contribution is 0.437. The molecule has 0 saturated heterocycles. The Morgan fingerprint density at radius 3 is 2.65 bits per heavy atom. The fourth-order valence-electron chi connectivity index (χ4n) is 1.39. The smallest absolute Gasteiger partial charge is 0.165 e. The van der Waals surface area contributed by atoms with Crippen LogP contribution in [0.25, 0.3) is 0 Å². The molecule has 0 unspecified atom stereocenters. The maximum absolute atomic E-state index is 13.6. The highest BCUT2D eigenvalue weighted by Gasteiger charge is 2.08. The van der Waals surface area contributed by atoms with E-state index in [-0.39, 0.29) is 11.6 Å². The van der Waals surface area contributed by atoms with Gasteiger partial charge in [-0.1, -0.05) is 6.07 Å². The third kappa shape index (κ3) is 2.64. The van der Waals surface area contributed by atoms with Crippen LogP contribution in [0.4, 0.5) is 4.39 Å². The molecule has 0 bridgehead atoms. The molecule has 1 heterocycles. The predicted molar refractivity (Wildman–Crippen MR) is 67.9 cm³/mol. The first-order valence-electron chi connectivity index (χ1n) is 5.12. The van der Waals surface area contributed by atoms with Gasteiger partial charge in [0.25, 0.3) is 0 Å². The standard InChI is InChI=1S/C13H11BrFNO/c1-8-3-4-12(11(15)5-8)17-13-7-16-6-10(14)9(13)2/h3-7H,1-2H3. The van der Waals surface area contributed by atoms with Crippen LogP contribution in [-0.4, -0.2) is 4.98 Å². The van der Waals surface area contributed by atoms with Gasteiger partial charge in [-0.3, -0.25) is 4.98 Å². The number of rotatable bonds is 2. The monoisotopic (exact) mass is 295 g/mol. The molecule has 0 atom stereocenters. The Morgan fingerprint density at radius 2 is 1.94 bits per heavy atom. The topological polar surface area (TPSA) is 22.1 Å². The van der Waals surface area contributed by atoms with Crippen LogP contribution in [0.3, 0.4) is 0 Å². The van der Waals surface area contributed by atoms with Gasteiger partial charge in [0.2, 0.25) is 0 Å². The van der Waals surface area contributed by atoms with Crippen LogP contribution in [0.2, 0.25) is 0 Å². The van der Waals surface area contributed by atoms with E-state index in [0.717, 1.165) is 15.6 Å². The molecule has 0 spiro atoms. The van der Waals surface area contributed by atoms with Crippen molar-refractivity contribution in [3.05, 3.63) is 52.0 Å². The molecular weight excluding hydrogens is 285 g/mol. The van der Waals surface area contributed by atoms with Gasteiger partial charge in [0, 0.05) is 16.2 Å². The molecule has 4 heteroatoms. The molecule has 0 saturated carbocycles. The maximum atomic E-state index is 13.6. The zero-order valence-corrected chi connectivity index (χ0v) is 11.1. The summed E-state index contributed by atoms with van der Waals surface area (Å²) in [4.78, 5) is 3.99. The number of halogens is 2. The van der Waals surface area contributed by atoms with Gasteiger partial charge in [-0.2, -0.15) is 0 Å². The van der Waals surface area contributed by atoms with Crippen molar-refractivity contribution in [2.75, 3.05) is 0 Å². The van der Waals surface area contributed by atoms with Gasteiger partial charge >= 0.3 is 0 Å². The van der Waals surface area contributed by atoms with E-state index in [9.17, 15) is 4.39 Å². The third-order valence-electron chi connectivity index (χ3n) is 2.41. The maximum Gasteiger partial charge on any atom is 0.165 e. The Morgan fingerprint density at radius 1 is 1.18 bits per heavy atom. The summed E-state index contributed by atoms with van der Waals surface area (Å²) in [6, 6.07) is 4.86. The number of ether oxygens (including phenoxy) is 1. The van der Waals surface area contributed by atoms with Gasteiger partial charge in [-0.05, 0) is 47.5 Å². The summed E-state index contributed by atoms with van der Waals surface area (Å²) in [6.07, 6.45) is 3.24. The second-order valence-corrected chi connectivity index (χ2v) is 4.63. The average Bonchev–Trinajstić information content (AvgIpc) is 2.28. The van der Waals surface area contributed by atoms with Gasteiger partial charge in [-0.25, -0.2) is 4.39 Å². The summed E-state index contributed by atoms with van der Waals surface area (Å²) in [6.45, 7) is 3.71. The van der Waals surface area contributed by atoms with Crippen LogP contribution in [0.15, 0.2) is 35.1 Å². The van der Waals surface area contributed by atoms with Gasteiger partial charge in [0.15, 0.2) is 11.6 Å². The van der Waals surface area contributed by atoms with Crippen LogP contribution in [-0.2, 0) is 0 Å². The molecule has 17 heavy (non-hydrogen) atoms. The molecule has 0 N–H and O–H groups in total. The van der Waals surface area contributed by atoms with E-state index in [1.54, 1.807) is 24.5 Å². The van der Waals surface area contributed by atoms with Crippen LogP contribution in [0.5, 0.6) is 11.5 Å². The third-order valence-corrected chi connectivity index (χ3v) is 3.21. The van der Waals surface area contributed by atoms with E-state index in [2.05, 4.69) is 20.9 Å². The van der Waals surface area contributed by atoms with Crippen molar-refractivity contribution in [3.63, 3.8) is 0 Å². The molecule has 0 fully saturated rings. The molecule has 2 aromatic rings. The number of hydrogen-bond donors (Lipinski definition) is 0. The van der Waals surface area contributed by atoms with Gasteiger partial charge in [0.1, 0.15) is 5.75 Å². The van der Waals surface area contributed by atoms with Crippen molar-refractivity contribution in [1.82, 2.24) is 4.98 Å². The van der Waals surface area contributed by atoms with Gasteiger partial charge in [0.05, 0.1) is 6.20 Å². The number of aromatic nitrogens is 1. The summed E-state index contributed by atoms with van der Waals surface area (Å²) in [5.74, 6) is 0.380. The second-order valence-electron chi connectivity index (χ2n) is 3.78. The Balaban J connectivity index is 2.35. The summed E-state index contributed by atoms with van der Waals surface area (Å²) in [7, 11) is 0. The quantitative estimate of drug-likeness (QED) is 0.820. The molecule has 1 aromatic carbocycles. The summed E-state index contributed by atoms with van der Waals surface area (Å²) < 4.78 is 20.0. The summed E-state index contributed by atoms with van der Waals surface area (Å²) >= 11 is 3.35. The highest BCUT2D eigenvalue weighted by Crippen LogP contribution is 2.30. The normalized spacial score (nSPS) is 10.4. The molecule has 0 amide bonds. The average molecular weight is 296 g/mol. The van der Waals surface area contributed by atoms with E-state index in [1.807, 2.05) is 13.8 Å². The minimum Gasteiger partial charge on any atom is -0.452 e. The molecule has 0 aliphatic heterocycles. The summed E-state index contributed by atoms with van der Waals surface area (Å²) in [5, 5.41) is 0. The fraction of sp³-hybridized carbons (Fsp3) is 0.154. The largest absolute Gasteiger partial charge is 0.452 e.